The molecule has 24 heavy (non-hydrogen) atoms. The van der Waals surface area contributed by atoms with Crippen molar-refractivity contribution in [2.24, 2.45) is 0 Å². The maximum atomic E-state index is 12.0. The third kappa shape index (κ3) is 4.38. The molecule has 2 amide bonds. The molecule has 0 atom stereocenters. The van der Waals surface area contributed by atoms with Crippen molar-refractivity contribution in [3.05, 3.63) is 35.6 Å². The third-order valence-corrected chi connectivity index (χ3v) is 4.86. The van der Waals surface area contributed by atoms with Crippen LogP contribution in [0, 0.1) is 0 Å². The minimum Gasteiger partial charge on any atom is -0.355 e. The highest BCUT2D eigenvalue weighted by molar-refractivity contribution is 7.13. The van der Waals surface area contributed by atoms with Crippen LogP contribution in [0.2, 0.25) is 0 Å². The molecule has 1 saturated heterocycles. The average molecular weight is 344 g/mol. The number of nitrogens with zero attached hydrogens (tertiary/aromatic N) is 3. The minimum atomic E-state index is -0.104. The van der Waals surface area contributed by atoms with Crippen molar-refractivity contribution < 1.29 is 9.59 Å². The van der Waals surface area contributed by atoms with Crippen LogP contribution in [0.25, 0.3) is 10.6 Å². The van der Waals surface area contributed by atoms with Crippen LogP contribution in [0.3, 0.4) is 0 Å². The first-order valence-electron chi connectivity index (χ1n) is 8.11. The molecular formula is C17H20N4O2S. The normalized spacial score (nSPS) is 13.9. The fourth-order valence-electron chi connectivity index (χ4n) is 2.67. The average Bonchev–Trinajstić information content (AvgIpc) is 3.27. The first-order valence-corrected chi connectivity index (χ1v) is 8.99. The Labute approximate surface area is 144 Å². The molecule has 2 aromatic rings. The number of carbonyl (C=O) groups excluding carboxylic acids is 2. The van der Waals surface area contributed by atoms with E-state index in [1.54, 1.807) is 12.4 Å². The van der Waals surface area contributed by atoms with Crippen LogP contribution < -0.4 is 5.32 Å². The Bertz CT molecular complexity index is 696. The Morgan fingerprint density at radius 3 is 2.88 bits per heavy atom. The monoisotopic (exact) mass is 344 g/mol. The molecule has 3 rings (SSSR count). The number of nitrogens with one attached hydrogen (secondary N) is 1. The molecule has 1 aliphatic heterocycles. The van der Waals surface area contributed by atoms with Crippen molar-refractivity contribution in [2.75, 3.05) is 19.6 Å². The Balaban J connectivity index is 1.43. The van der Waals surface area contributed by atoms with Crippen molar-refractivity contribution in [1.82, 2.24) is 20.2 Å². The van der Waals surface area contributed by atoms with E-state index < -0.39 is 0 Å². The van der Waals surface area contributed by atoms with E-state index in [4.69, 9.17) is 0 Å². The highest BCUT2D eigenvalue weighted by atomic mass is 32.1. The summed E-state index contributed by atoms with van der Waals surface area (Å²) >= 11 is 1.50. The summed E-state index contributed by atoms with van der Waals surface area (Å²) in [5.74, 6) is 0.0209. The van der Waals surface area contributed by atoms with Gasteiger partial charge in [0.2, 0.25) is 11.8 Å². The van der Waals surface area contributed by atoms with Gasteiger partial charge in [0, 0.05) is 49.4 Å². The summed E-state index contributed by atoms with van der Waals surface area (Å²) in [5.41, 5.74) is 1.69. The fourth-order valence-corrected chi connectivity index (χ4v) is 3.48. The van der Waals surface area contributed by atoms with Gasteiger partial charge in [0.05, 0.1) is 12.1 Å². The molecule has 0 spiro atoms. The van der Waals surface area contributed by atoms with Crippen molar-refractivity contribution in [3.8, 4) is 10.6 Å². The van der Waals surface area contributed by atoms with E-state index in [1.165, 1.54) is 11.3 Å². The summed E-state index contributed by atoms with van der Waals surface area (Å²) in [6.07, 6.45) is 6.24. The van der Waals surface area contributed by atoms with Crippen LogP contribution in [-0.4, -0.2) is 46.3 Å². The number of pyridine rings is 1. The van der Waals surface area contributed by atoms with Gasteiger partial charge in [-0.15, -0.1) is 11.3 Å². The van der Waals surface area contributed by atoms with E-state index in [0.29, 0.717) is 13.0 Å². The van der Waals surface area contributed by atoms with E-state index in [2.05, 4.69) is 15.3 Å². The van der Waals surface area contributed by atoms with Gasteiger partial charge in [0.15, 0.2) is 0 Å². The number of amides is 2. The van der Waals surface area contributed by atoms with Gasteiger partial charge in [-0.25, -0.2) is 4.98 Å². The molecule has 7 heteroatoms. The zero-order chi connectivity index (χ0) is 16.8. The molecule has 1 N–H and O–H groups in total. The largest absolute Gasteiger partial charge is 0.355 e. The zero-order valence-corrected chi connectivity index (χ0v) is 14.2. The lowest BCUT2D eigenvalue weighted by Gasteiger charge is -2.15. The summed E-state index contributed by atoms with van der Waals surface area (Å²) in [4.78, 5) is 34.3. The summed E-state index contributed by atoms with van der Waals surface area (Å²) < 4.78 is 0. The van der Waals surface area contributed by atoms with Crippen LogP contribution in [0.1, 0.15) is 25.0 Å². The van der Waals surface area contributed by atoms with Gasteiger partial charge in [-0.2, -0.15) is 0 Å². The van der Waals surface area contributed by atoms with E-state index in [1.807, 2.05) is 22.4 Å². The summed E-state index contributed by atoms with van der Waals surface area (Å²) in [5, 5.41) is 5.54. The Kier molecular flexibility index (Phi) is 5.53. The van der Waals surface area contributed by atoms with Gasteiger partial charge < -0.3 is 10.2 Å². The third-order valence-electron chi connectivity index (χ3n) is 3.92. The molecule has 0 saturated carbocycles. The SMILES string of the molecule is O=C(Cc1csc(-c2cccnc2)n1)NCCC(=O)N1CCCC1. The Morgan fingerprint density at radius 1 is 1.29 bits per heavy atom. The van der Waals surface area contributed by atoms with E-state index in [-0.39, 0.29) is 18.2 Å². The van der Waals surface area contributed by atoms with Gasteiger partial charge in [0.25, 0.3) is 0 Å². The standard InChI is InChI=1S/C17H20N4O2S/c22-15(19-7-5-16(23)21-8-1-2-9-21)10-14-12-24-17(20-14)13-4-3-6-18-11-13/h3-4,6,11-12H,1-2,5,7-10H2,(H,19,22). The lowest BCUT2D eigenvalue weighted by molar-refractivity contribution is -0.130. The van der Waals surface area contributed by atoms with Crippen LogP contribution in [0.5, 0.6) is 0 Å². The van der Waals surface area contributed by atoms with Crippen LogP contribution in [0.15, 0.2) is 29.9 Å². The molecule has 6 nitrogen and oxygen atoms in total. The zero-order valence-electron chi connectivity index (χ0n) is 13.4. The predicted molar refractivity (Wildman–Crippen MR) is 92.5 cm³/mol. The second kappa shape index (κ2) is 8.01. The number of aromatic nitrogens is 2. The number of hydrogen-bond acceptors (Lipinski definition) is 5. The number of hydrogen-bond donors (Lipinski definition) is 1. The second-order valence-corrected chi connectivity index (χ2v) is 6.61. The summed E-state index contributed by atoms with van der Waals surface area (Å²) in [6, 6.07) is 3.81. The molecule has 2 aromatic heterocycles. The van der Waals surface area contributed by atoms with Crippen molar-refractivity contribution in [2.45, 2.75) is 25.7 Å². The van der Waals surface area contributed by atoms with Crippen LogP contribution in [0.4, 0.5) is 0 Å². The number of carbonyl (C=O) groups is 2. The maximum Gasteiger partial charge on any atom is 0.226 e. The molecule has 1 fully saturated rings. The fraction of sp³-hybridized carbons (Fsp3) is 0.412. The molecule has 126 valence electrons. The van der Waals surface area contributed by atoms with Crippen molar-refractivity contribution in [3.63, 3.8) is 0 Å². The molecular weight excluding hydrogens is 324 g/mol. The smallest absolute Gasteiger partial charge is 0.226 e. The predicted octanol–water partition coefficient (Wildman–Crippen LogP) is 1.88. The number of rotatable bonds is 6. The highest BCUT2D eigenvalue weighted by Gasteiger charge is 2.17. The number of thiazole rings is 1. The first-order chi connectivity index (χ1) is 11.7. The van der Waals surface area contributed by atoms with Gasteiger partial charge in [-0.1, -0.05) is 0 Å². The molecule has 0 aromatic carbocycles. The van der Waals surface area contributed by atoms with Crippen molar-refractivity contribution >= 4 is 23.2 Å². The van der Waals surface area contributed by atoms with Crippen LogP contribution >= 0.6 is 11.3 Å². The van der Waals surface area contributed by atoms with Crippen LogP contribution in [-0.2, 0) is 16.0 Å². The summed E-state index contributed by atoms with van der Waals surface area (Å²) in [6.45, 7) is 2.08. The quantitative estimate of drug-likeness (QED) is 0.868. The molecule has 3 heterocycles. The molecule has 0 radical (unpaired) electrons. The maximum absolute atomic E-state index is 12.0. The first kappa shape index (κ1) is 16.6. The topological polar surface area (TPSA) is 75.2 Å². The van der Waals surface area contributed by atoms with E-state index in [0.717, 1.165) is 42.2 Å². The minimum absolute atomic E-state index is 0.104. The van der Waals surface area contributed by atoms with Gasteiger partial charge in [0.1, 0.15) is 5.01 Å². The van der Waals surface area contributed by atoms with Gasteiger partial charge in [-0.3, -0.25) is 14.6 Å². The Hall–Kier alpha value is -2.28. The Morgan fingerprint density at radius 2 is 2.12 bits per heavy atom. The van der Waals surface area contributed by atoms with Gasteiger partial charge >= 0.3 is 0 Å². The molecule has 1 aliphatic rings. The lowest BCUT2D eigenvalue weighted by atomic mass is 10.3. The molecule has 0 unspecified atom stereocenters. The number of likely N-dealkylation sites (tertiary alicyclic amines) is 1. The highest BCUT2D eigenvalue weighted by Crippen LogP contribution is 2.22. The summed E-state index contributed by atoms with van der Waals surface area (Å²) in [7, 11) is 0. The molecule has 0 bridgehead atoms. The van der Waals surface area contributed by atoms with E-state index in [9.17, 15) is 9.59 Å². The second-order valence-electron chi connectivity index (χ2n) is 5.75. The van der Waals surface area contributed by atoms with E-state index >= 15 is 0 Å². The van der Waals surface area contributed by atoms with Crippen molar-refractivity contribution in [1.29, 1.82) is 0 Å². The van der Waals surface area contributed by atoms with Gasteiger partial charge in [-0.05, 0) is 25.0 Å². The molecule has 0 aliphatic carbocycles. The lowest BCUT2D eigenvalue weighted by Crippen LogP contribution is -2.33.